The summed E-state index contributed by atoms with van der Waals surface area (Å²) in [5.74, 6) is 1.51. The van der Waals surface area contributed by atoms with Crippen LogP contribution in [0, 0.1) is 6.92 Å². The molecule has 2 amide bonds. The first-order valence-electron chi connectivity index (χ1n) is 14.7. The lowest BCUT2D eigenvalue weighted by Gasteiger charge is -2.35. The van der Waals surface area contributed by atoms with Gasteiger partial charge in [-0.15, -0.1) is 0 Å². The van der Waals surface area contributed by atoms with E-state index in [-0.39, 0.29) is 12.1 Å². The van der Waals surface area contributed by atoms with Gasteiger partial charge in [-0.3, -0.25) is 0 Å². The second-order valence-electron chi connectivity index (χ2n) is 11.5. The van der Waals surface area contributed by atoms with Crippen LogP contribution in [-0.4, -0.2) is 65.6 Å². The Labute approximate surface area is 245 Å². The molecule has 8 nitrogen and oxygen atoms in total. The number of likely N-dealkylation sites (N-methyl/N-ethyl adjacent to an activating group) is 1. The van der Waals surface area contributed by atoms with Gasteiger partial charge in [0.25, 0.3) is 0 Å². The van der Waals surface area contributed by atoms with Crippen molar-refractivity contribution in [2.45, 2.75) is 26.3 Å². The number of pyridine rings is 1. The number of ether oxygens (including phenoxy) is 1. The van der Waals surface area contributed by atoms with Crippen molar-refractivity contribution >= 4 is 39.2 Å². The fourth-order valence-corrected chi connectivity index (χ4v) is 6.35. The number of hydrogen-bond acceptors (Lipinski definition) is 5. The molecular formula is C34H36N6O2. The van der Waals surface area contributed by atoms with Gasteiger partial charge in [0.2, 0.25) is 0 Å². The van der Waals surface area contributed by atoms with Crippen LogP contribution < -0.4 is 15.0 Å². The van der Waals surface area contributed by atoms with Gasteiger partial charge in [-0.1, -0.05) is 24.3 Å². The Morgan fingerprint density at radius 1 is 0.976 bits per heavy atom. The minimum atomic E-state index is -0.0901. The van der Waals surface area contributed by atoms with Gasteiger partial charge in [0.05, 0.1) is 11.4 Å². The van der Waals surface area contributed by atoms with Crippen LogP contribution in [0.3, 0.4) is 0 Å². The van der Waals surface area contributed by atoms with E-state index >= 15 is 0 Å². The lowest BCUT2D eigenvalue weighted by atomic mass is 9.93. The van der Waals surface area contributed by atoms with Crippen LogP contribution in [-0.2, 0) is 6.42 Å². The molecule has 5 aromatic rings. The molecule has 0 aliphatic carbocycles. The van der Waals surface area contributed by atoms with Crippen molar-refractivity contribution < 1.29 is 9.53 Å². The molecular weight excluding hydrogens is 524 g/mol. The molecule has 0 unspecified atom stereocenters. The van der Waals surface area contributed by atoms with Gasteiger partial charge in [0, 0.05) is 61.4 Å². The van der Waals surface area contributed by atoms with Crippen LogP contribution in [0.2, 0.25) is 0 Å². The number of carbonyl (C=O) groups is 1. The molecule has 42 heavy (non-hydrogen) atoms. The number of H-pyrrole nitrogens is 1. The number of aromatic nitrogens is 2. The number of carbonyl (C=O) groups excluding carboxylic acids is 1. The highest BCUT2D eigenvalue weighted by Crippen LogP contribution is 2.36. The van der Waals surface area contributed by atoms with Gasteiger partial charge in [-0.05, 0) is 86.3 Å². The van der Waals surface area contributed by atoms with E-state index in [2.05, 4.69) is 81.5 Å². The van der Waals surface area contributed by atoms with Crippen molar-refractivity contribution in [1.29, 1.82) is 0 Å². The number of fused-ring (bicyclic) bond motifs is 3. The zero-order valence-corrected chi connectivity index (χ0v) is 24.4. The maximum absolute atomic E-state index is 13.6. The smallest absolute Gasteiger partial charge is 0.322 e. The van der Waals surface area contributed by atoms with Gasteiger partial charge >= 0.3 is 6.03 Å². The predicted octanol–water partition coefficient (Wildman–Crippen LogP) is 6.72. The molecule has 0 radical (unpaired) electrons. The van der Waals surface area contributed by atoms with Crippen molar-refractivity contribution in [3.05, 3.63) is 89.7 Å². The van der Waals surface area contributed by atoms with E-state index in [1.807, 2.05) is 36.1 Å². The van der Waals surface area contributed by atoms with E-state index < -0.39 is 0 Å². The Hall–Kier alpha value is -4.56. The van der Waals surface area contributed by atoms with E-state index in [1.54, 1.807) is 6.20 Å². The van der Waals surface area contributed by atoms with Gasteiger partial charge < -0.3 is 29.7 Å². The largest absolute Gasteiger partial charge is 0.457 e. The van der Waals surface area contributed by atoms with E-state index in [9.17, 15) is 4.79 Å². The molecule has 1 atom stereocenters. The van der Waals surface area contributed by atoms with Crippen molar-refractivity contribution in [3.63, 3.8) is 0 Å². The Kier molecular flexibility index (Phi) is 6.70. The lowest BCUT2D eigenvalue weighted by molar-refractivity contribution is 0.188. The minimum Gasteiger partial charge on any atom is -0.457 e. The number of hydrogen-bond donors (Lipinski definition) is 2. The van der Waals surface area contributed by atoms with Crippen LogP contribution in [0.5, 0.6) is 11.5 Å². The standard InChI is InChI=1S/C34H36N6O2/c1-22-19-30-32(11-13-35-33(30)36-22)42-27-9-7-24-12-14-40(23(2)29(24)21-27)34(41)37-26-8-10-28-25(20-26)5-4-6-31(28)39-17-15-38(3)16-18-39/h4-11,13,19-21,23H,12,14-18H2,1-3H3,(H,35,36)(H,37,41)/t23-/m0/s1. The topological polar surface area (TPSA) is 76.7 Å². The molecule has 8 heteroatoms. The van der Waals surface area contributed by atoms with E-state index in [1.165, 1.54) is 16.6 Å². The van der Waals surface area contributed by atoms with Crippen molar-refractivity contribution in [2.75, 3.05) is 50.0 Å². The summed E-state index contributed by atoms with van der Waals surface area (Å²) in [5, 5.41) is 6.47. The Morgan fingerprint density at radius 3 is 2.69 bits per heavy atom. The number of rotatable bonds is 4. The summed E-state index contributed by atoms with van der Waals surface area (Å²) >= 11 is 0. The molecule has 1 saturated heterocycles. The number of anilines is 2. The molecule has 2 N–H and O–H groups in total. The number of nitrogens with one attached hydrogen (secondary N) is 2. The molecule has 214 valence electrons. The van der Waals surface area contributed by atoms with Gasteiger partial charge in [-0.25, -0.2) is 9.78 Å². The Morgan fingerprint density at radius 2 is 1.83 bits per heavy atom. The number of amides is 2. The first-order chi connectivity index (χ1) is 20.4. The molecule has 0 spiro atoms. The lowest BCUT2D eigenvalue weighted by Crippen LogP contribution is -2.44. The van der Waals surface area contributed by atoms with Gasteiger partial charge in [0.1, 0.15) is 17.1 Å². The van der Waals surface area contributed by atoms with Crippen LogP contribution in [0.25, 0.3) is 21.8 Å². The van der Waals surface area contributed by atoms with Crippen LogP contribution in [0.1, 0.15) is 29.8 Å². The fraction of sp³-hybridized carbons (Fsp3) is 0.294. The fourth-order valence-electron chi connectivity index (χ4n) is 6.35. The zero-order valence-electron chi connectivity index (χ0n) is 24.4. The number of aryl methyl sites for hydroxylation is 1. The third-order valence-electron chi connectivity index (χ3n) is 8.72. The average molecular weight is 561 g/mol. The highest BCUT2D eigenvalue weighted by molar-refractivity contribution is 5.99. The summed E-state index contributed by atoms with van der Waals surface area (Å²) in [7, 11) is 2.17. The molecule has 3 aromatic carbocycles. The van der Waals surface area contributed by atoms with Gasteiger partial charge in [0.15, 0.2) is 0 Å². The summed E-state index contributed by atoms with van der Waals surface area (Å²) in [4.78, 5) is 28.0. The molecule has 0 saturated carbocycles. The summed E-state index contributed by atoms with van der Waals surface area (Å²) in [5.41, 5.74) is 6.27. The quantitative estimate of drug-likeness (QED) is 0.255. The van der Waals surface area contributed by atoms with Crippen LogP contribution in [0.15, 0.2) is 72.9 Å². The maximum atomic E-state index is 13.6. The molecule has 2 aromatic heterocycles. The summed E-state index contributed by atoms with van der Waals surface area (Å²) in [6, 6.07) is 22.6. The van der Waals surface area contributed by atoms with Crippen molar-refractivity contribution in [1.82, 2.24) is 19.8 Å². The Balaban J connectivity index is 1.08. The van der Waals surface area contributed by atoms with E-state index in [0.29, 0.717) is 6.54 Å². The molecule has 0 bridgehead atoms. The molecule has 1 fully saturated rings. The first-order valence-corrected chi connectivity index (χ1v) is 14.7. The van der Waals surface area contributed by atoms with Crippen LogP contribution in [0.4, 0.5) is 16.2 Å². The van der Waals surface area contributed by atoms with Crippen molar-refractivity contribution in [2.24, 2.45) is 0 Å². The summed E-state index contributed by atoms with van der Waals surface area (Å²) in [6.45, 7) is 8.93. The molecule has 7 rings (SSSR count). The minimum absolute atomic E-state index is 0.0893. The normalized spacial score (nSPS) is 17.5. The molecule has 2 aliphatic heterocycles. The maximum Gasteiger partial charge on any atom is 0.322 e. The monoisotopic (exact) mass is 560 g/mol. The molecule has 4 heterocycles. The Bertz CT molecular complexity index is 1790. The highest BCUT2D eigenvalue weighted by atomic mass is 16.5. The number of benzene rings is 3. The molecule has 2 aliphatic rings. The predicted molar refractivity (Wildman–Crippen MR) is 169 cm³/mol. The first kappa shape index (κ1) is 26.3. The second-order valence-corrected chi connectivity index (χ2v) is 11.5. The summed E-state index contributed by atoms with van der Waals surface area (Å²) < 4.78 is 6.33. The second kappa shape index (κ2) is 10.7. The summed E-state index contributed by atoms with van der Waals surface area (Å²) in [6.07, 6.45) is 2.55. The van der Waals surface area contributed by atoms with Crippen LogP contribution >= 0.6 is 0 Å². The van der Waals surface area contributed by atoms with Gasteiger partial charge in [-0.2, -0.15) is 0 Å². The number of urea groups is 1. The van der Waals surface area contributed by atoms with Crippen molar-refractivity contribution in [3.8, 4) is 11.5 Å². The third-order valence-corrected chi connectivity index (χ3v) is 8.72. The number of nitrogens with zero attached hydrogens (tertiary/aromatic N) is 4. The zero-order chi connectivity index (χ0) is 28.8. The third kappa shape index (κ3) is 4.92. The number of piperazine rings is 1. The highest BCUT2D eigenvalue weighted by Gasteiger charge is 2.28. The number of aromatic amines is 1. The van der Waals surface area contributed by atoms with E-state index in [4.69, 9.17) is 4.74 Å². The SMILES string of the molecule is Cc1cc2c(Oc3ccc4c(c3)[C@H](C)N(C(=O)Nc3ccc5c(N6CCN(C)CC6)cccc5c3)CC4)ccnc2[nH]1. The van der Waals surface area contributed by atoms with E-state index in [0.717, 1.165) is 77.5 Å². The average Bonchev–Trinajstić information content (AvgIpc) is 3.39.